The Bertz CT molecular complexity index is 797. The van der Waals surface area contributed by atoms with Gasteiger partial charge in [-0.25, -0.2) is 0 Å². The summed E-state index contributed by atoms with van der Waals surface area (Å²) >= 11 is 0. The third kappa shape index (κ3) is 5.94. The zero-order valence-corrected chi connectivity index (χ0v) is 17.3. The lowest BCUT2D eigenvalue weighted by atomic mass is 10.1. The monoisotopic (exact) mass is 398 g/mol. The number of hydrogen-bond donors (Lipinski definition) is 0. The molecule has 156 valence electrons. The van der Waals surface area contributed by atoms with Crippen molar-refractivity contribution in [2.45, 2.75) is 45.8 Å². The number of amides is 2. The van der Waals surface area contributed by atoms with Gasteiger partial charge in [0, 0.05) is 25.3 Å². The number of hydrogen-bond acceptors (Lipinski definition) is 4. The maximum absolute atomic E-state index is 13.2. The minimum Gasteiger partial charge on any atom is -0.467 e. The Morgan fingerprint density at radius 3 is 2.69 bits per heavy atom. The van der Waals surface area contributed by atoms with E-state index in [1.165, 1.54) is 0 Å². The topological polar surface area (TPSA) is 63.0 Å². The van der Waals surface area contributed by atoms with Crippen molar-refractivity contribution in [3.63, 3.8) is 0 Å². The fourth-order valence-corrected chi connectivity index (χ4v) is 3.63. The first-order valence-electron chi connectivity index (χ1n) is 10.3. The van der Waals surface area contributed by atoms with Crippen LogP contribution in [-0.2, 0) is 16.1 Å². The highest BCUT2D eigenvalue weighted by Crippen LogP contribution is 2.16. The molecule has 3 rings (SSSR count). The summed E-state index contributed by atoms with van der Waals surface area (Å²) in [5.41, 5.74) is 1.64. The average Bonchev–Trinajstić information content (AvgIpc) is 3.41. The molecule has 0 aliphatic carbocycles. The van der Waals surface area contributed by atoms with Crippen molar-refractivity contribution in [3.05, 3.63) is 59.5 Å². The number of nitrogens with zero attached hydrogens (tertiary/aromatic N) is 2. The van der Waals surface area contributed by atoms with Gasteiger partial charge in [-0.05, 0) is 50.5 Å². The van der Waals surface area contributed by atoms with E-state index >= 15 is 0 Å². The molecule has 1 saturated heterocycles. The van der Waals surface area contributed by atoms with Gasteiger partial charge in [0.2, 0.25) is 5.91 Å². The number of aryl methyl sites for hydroxylation is 1. The SMILES string of the molecule is CCCN(CC(=O)N(Cc1ccco1)C[C@@H]1CCCO1)C(=O)c1cccc(C)c1. The van der Waals surface area contributed by atoms with Gasteiger partial charge in [0.05, 0.1) is 18.9 Å². The van der Waals surface area contributed by atoms with Crippen LogP contribution in [0.3, 0.4) is 0 Å². The van der Waals surface area contributed by atoms with Crippen molar-refractivity contribution >= 4 is 11.8 Å². The zero-order valence-electron chi connectivity index (χ0n) is 17.3. The summed E-state index contributed by atoms with van der Waals surface area (Å²) in [6.07, 6.45) is 4.40. The van der Waals surface area contributed by atoms with Gasteiger partial charge in [-0.3, -0.25) is 9.59 Å². The predicted octanol–water partition coefficient (Wildman–Crippen LogP) is 3.65. The molecule has 6 heteroatoms. The Balaban J connectivity index is 1.72. The normalized spacial score (nSPS) is 16.0. The second kappa shape index (κ2) is 10.3. The molecule has 2 amide bonds. The van der Waals surface area contributed by atoms with Gasteiger partial charge in [-0.1, -0.05) is 24.6 Å². The summed E-state index contributed by atoms with van der Waals surface area (Å²) in [5.74, 6) is 0.522. The van der Waals surface area contributed by atoms with E-state index in [2.05, 4.69) is 0 Å². The van der Waals surface area contributed by atoms with E-state index in [9.17, 15) is 9.59 Å². The van der Waals surface area contributed by atoms with Crippen molar-refractivity contribution in [2.75, 3.05) is 26.2 Å². The van der Waals surface area contributed by atoms with Crippen LogP contribution in [0.15, 0.2) is 47.1 Å². The predicted molar refractivity (Wildman–Crippen MR) is 110 cm³/mol. The Morgan fingerprint density at radius 2 is 2.03 bits per heavy atom. The Morgan fingerprint density at radius 1 is 1.17 bits per heavy atom. The van der Waals surface area contributed by atoms with E-state index in [1.807, 2.05) is 44.2 Å². The number of carbonyl (C=O) groups excluding carboxylic acids is 2. The molecule has 6 nitrogen and oxygen atoms in total. The van der Waals surface area contributed by atoms with Crippen LogP contribution in [0.5, 0.6) is 0 Å². The van der Waals surface area contributed by atoms with E-state index in [-0.39, 0.29) is 24.5 Å². The van der Waals surface area contributed by atoms with Crippen LogP contribution in [0.2, 0.25) is 0 Å². The van der Waals surface area contributed by atoms with Crippen molar-refractivity contribution in [2.24, 2.45) is 0 Å². The highest BCUT2D eigenvalue weighted by Gasteiger charge is 2.26. The summed E-state index contributed by atoms with van der Waals surface area (Å²) in [6.45, 7) is 6.18. The smallest absolute Gasteiger partial charge is 0.254 e. The van der Waals surface area contributed by atoms with Crippen molar-refractivity contribution in [1.82, 2.24) is 9.80 Å². The van der Waals surface area contributed by atoms with Gasteiger partial charge in [0.1, 0.15) is 12.3 Å². The Kier molecular flexibility index (Phi) is 7.47. The van der Waals surface area contributed by atoms with Crippen molar-refractivity contribution in [3.8, 4) is 0 Å². The van der Waals surface area contributed by atoms with Gasteiger partial charge in [-0.15, -0.1) is 0 Å². The van der Waals surface area contributed by atoms with Gasteiger partial charge >= 0.3 is 0 Å². The molecule has 2 aromatic rings. The molecule has 1 aliphatic heterocycles. The molecule has 0 N–H and O–H groups in total. The first kappa shape index (κ1) is 21.1. The Labute approximate surface area is 172 Å². The van der Waals surface area contributed by atoms with Crippen LogP contribution in [0.1, 0.15) is 47.9 Å². The van der Waals surface area contributed by atoms with E-state index in [4.69, 9.17) is 9.15 Å². The highest BCUT2D eigenvalue weighted by molar-refractivity contribution is 5.96. The van der Waals surface area contributed by atoms with Gasteiger partial charge in [0.25, 0.3) is 5.91 Å². The molecule has 0 unspecified atom stereocenters. The van der Waals surface area contributed by atoms with Crippen LogP contribution >= 0.6 is 0 Å². The third-order valence-electron chi connectivity index (χ3n) is 5.10. The molecule has 1 atom stereocenters. The lowest BCUT2D eigenvalue weighted by Crippen LogP contribution is -2.45. The summed E-state index contributed by atoms with van der Waals surface area (Å²) in [7, 11) is 0. The van der Waals surface area contributed by atoms with Crippen molar-refractivity contribution in [1.29, 1.82) is 0 Å². The van der Waals surface area contributed by atoms with E-state index in [1.54, 1.807) is 22.1 Å². The number of carbonyl (C=O) groups is 2. The summed E-state index contributed by atoms with van der Waals surface area (Å²) in [4.78, 5) is 29.6. The molecule has 1 aromatic heterocycles. The zero-order chi connectivity index (χ0) is 20.6. The third-order valence-corrected chi connectivity index (χ3v) is 5.10. The van der Waals surface area contributed by atoms with Gasteiger partial charge < -0.3 is 19.0 Å². The van der Waals surface area contributed by atoms with Crippen LogP contribution < -0.4 is 0 Å². The maximum atomic E-state index is 13.2. The van der Waals surface area contributed by atoms with E-state index in [0.717, 1.165) is 37.2 Å². The molecule has 0 radical (unpaired) electrons. The standard InChI is InChI=1S/C23H30N2O4/c1-3-11-24(23(27)19-8-4-7-18(2)14-19)17-22(26)25(15-20-9-5-12-28-20)16-21-10-6-13-29-21/h4-5,7-9,12,14,21H,3,6,10-11,13,15-17H2,1-2H3/t21-/m0/s1. The molecule has 1 fully saturated rings. The molecule has 0 saturated carbocycles. The summed E-state index contributed by atoms with van der Waals surface area (Å²) in [5, 5.41) is 0. The first-order chi connectivity index (χ1) is 14.1. The first-order valence-corrected chi connectivity index (χ1v) is 10.3. The van der Waals surface area contributed by atoms with E-state index < -0.39 is 0 Å². The second-order valence-electron chi connectivity index (χ2n) is 7.58. The van der Waals surface area contributed by atoms with E-state index in [0.29, 0.717) is 25.2 Å². The number of ether oxygens (including phenoxy) is 1. The molecule has 0 bridgehead atoms. The van der Waals surface area contributed by atoms with Crippen LogP contribution in [0.25, 0.3) is 0 Å². The largest absolute Gasteiger partial charge is 0.467 e. The average molecular weight is 399 g/mol. The van der Waals surface area contributed by atoms with Crippen LogP contribution in [0.4, 0.5) is 0 Å². The number of rotatable bonds is 9. The molecule has 2 heterocycles. The lowest BCUT2D eigenvalue weighted by Gasteiger charge is -2.28. The minimum atomic E-state index is -0.112. The quantitative estimate of drug-likeness (QED) is 0.647. The molecule has 1 aliphatic rings. The van der Waals surface area contributed by atoms with Crippen LogP contribution in [0, 0.1) is 6.92 Å². The van der Waals surface area contributed by atoms with Gasteiger partial charge in [0.15, 0.2) is 0 Å². The van der Waals surface area contributed by atoms with Crippen LogP contribution in [-0.4, -0.2) is 54.0 Å². The second-order valence-corrected chi connectivity index (χ2v) is 7.58. The number of furan rings is 1. The highest BCUT2D eigenvalue weighted by atomic mass is 16.5. The van der Waals surface area contributed by atoms with Gasteiger partial charge in [-0.2, -0.15) is 0 Å². The fraction of sp³-hybridized carbons (Fsp3) is 0.478. The summed E-state index contributed by atoms with van der Waals surface area (Å²) < 4.78 is 11.2. The van der Waals surface area contributed by atoms with Crippen molar-refractivity contribution < 1.29 is 18.7 Å². The fourth-order valence-electron chi connectivity index (χ4n) is 3.63. The molecule has 29 heavy (non-hydrogen) atoms. The summed E-state index contributed by atoms with van der Waals surface area (Å²) in [6, 6.07) is 11.2. The Hall–Kier alpha value is -2.60. The lowest BCUT2D eigenvalue weighted by molar-refractivity contribution is -0.134. The molecular formula is C23H30N2O4. The maximum Gasteiger partial charge on any atom is 0.254 e. The number of benzene rings is 1. The molecule has 0 spiro atoms. The minimum absolute atomic E-state index is 0.0426. The molecule has 1 aromatic carbocycles. The molecular weight excluding hydrogens is 368 g/mol.